The first-order valence-electron chi connectivity index (χ1n) is 5.01. The number of amidine groups is 1. The zero-order chi connectivity index (χ0) is 12.0. The van der Waals surface area contributed by atoms with Crippen molar-refractivity contribution >= 4 is 29.0 Å². The molecule has 0 aliphatic carbocycles. The van der Waals surface area contributed by atoms with Gasteiger partial charge >= 0.3 is 0 Å². The summed E-state index contributed by atoms with van der Waals surface area (Å²) in [5, 5.41) is 8.08. The normalized spacial score (nSPS) is 10.1. The van der Waals surface area contributed by atoms with Crippen molar-refractivity contribution in [2.24, 2.45) is 5.73 Å². The van der Waals surface area contributed by atoms with Crippen LogP contribution in [0.2, 0.25) is 10.0 Å². The molecule has 0 amide bonds. The summed E-state index contributed by atoms with van der Waals surface area (Å²) in [6.45, 7) is 0.525. The van der Waals surface area contributed by atoms with Gasteiger partial charge < -0.3 is 10.5 Å². The molecule has 0 radical (unpaired) electrons. The van der Waals surface area contributed by atoms with Crippen molar-refractivity contribution in [2.45, 2.75) is 19.3 Å². The molecule has 0 aromatic heterocycles. The number of unbranched alkanes of at least 4 members (excludes halogenated alkanes) is 1. The molecule has 5 heteroatoms. The minimum atomic E-state index is 0.204. The number of rotatable bonds is 6. The van der Waals surface area contributed by atoms with Crippen molar-refractivity contribution in [3.8, 4) is 5.75 Å². The van der Waals surface area contributed by atoms with E-state index in [1.54, 1.807) is 18.2 Å². The molecule has 0 aliphatic heterocycles. The van der Waals surface area contributed by atoms with Gasteiger partial charge in [0.2, 0.25) is 0 Å². The van der Waals surface area contributed by atoms with Crippen LogP contribution in [0.15, 0.2) is 18.2 Å². The van der Waals surface area contributed by atoms with E-state index in [4.69, 9.17) is 39.1 Å². The van der Waals surface area contributed by atoms with Crippen LogP contribution < -0.4 is 10.5 Å². The molecule has 88 valence electrons. The molecule has 0 fully saturated rings. The molecule has 0 atom stereocenters. The minimum Gasteiger partial charge on any atom is -0.490 e. The van der Waals surface area contributed by atoms with Crippen molar-refractivity contribution in [1.82, 2.24) is 0 Å². The maximum atomic E-state index is 7.06. The first kappa shape index (κ1) is 13.1. The van der Waals surface area contributed by atoms with Gasteiger partial charge in [-0.05, 0) is 25.0 Å². The first-order valence-corrected chi connectivity index (χ1v) is 5.76. The molecule has 3 nitrogen and oxygen atoms in total. The molecule has 0 unspecified atom stereocenters. The lowest BCUT2D eigenvalue weighted by atomic mass is 10.2. The van der Waals surface area contributed by atoms with E-state index in [0.29, 0.717) is 28.8 Å². The Morgan fingerprint density at radius 1 is 1.25 bits per heavy atom. The van der Waals surface area contributed by atoms with E-state index in [0.717, 1.165) is 12.8 Å². The van der Waals surface area contributed by atoms with Crippen LogP contribution in [-0.4, -0.2) is 12.4 Å². The zero-order valence-corrected chi connectivity index (χ0v) is 10.3. The van der Waals surface area contributed by atoms with Gasteiger partial charge in [-0.15, -0.1) is 0 Å². The van der Waals surface area contributed by atoms with Gasteiger partial charge in [-0.25, -0.2) is 0 Å². The van der Waals surface area contributed by atoms with Gasteiger partial charge in [0, 0.05) is 6.42 Å². The molecule has 1 aromatic rings. The molecule has 1 aromatic carbocycles. The van der Waals surface area contributed by atoms with Crippen molar-refractivity contribution in [1.29, 1.82) is 5.41 Å². The first-order chi connectivity index (χ1) is 7.61. The molecule has 0 saturated carbocycles. The zero-order valence-electron chi connectivity index (χ0n) is 8.80. The molecule has 0 heterocycles. The van der Waals surface area contributed by atoms with Crippen molar-refractivity contribution in [2.75, 3.05) is 6.61 Å². The number of ether oxygens (including phenoxy) is 1. The van der Waals surface area contributed by atoms with Gasteiger partial charge in [0.1, 0.15) is 0 Å². The average molecular weight is 261 g/mol. The topological polar surface area (TPSA) is 59.1 Å². The lowest BCUT2D eigenvalue weighted by Gasteiger charge is -2.09. The summed E-state index contributed by atoms with van der Waals surface area (Å²) < 4.78 is 5.47. The third-order valence-corrected chi connectivity index (χ3v) is 2.60. The molecule has 0 aliphatic rings. The Morgan fingerprint density at radius 2 is 1.88 bits per heavy atom. The van der Waals surface area contributed by atoms with Crippen LogP contribution in [0.1, 0.15) is 19.3 Å². The molecule has 0 saturated heterocycles. The van der Waals surface area contributed by atoms with Crippen molar-refractivity contribution in [3.05, 3.63) is 28.2 Å². The van der Waals surface area contributed by atoms with Gasteiger partial charge in [-0.3, -0.25) is 5.41 Å². The van der Waals surface area contributed by atoms with Gasteiger partial charge in [0.25, 0.3) is 0 Å². The fourth-order valence-corrected chi connectivity index (χ4v) is 1.72. The standard InChI is InChI=1S/C11H14Cl2N2O/c12-8-4-3-5-9(13)11(8)16-7-2-1-6-10(14)15/h3-5H,1-2,6-7H2,(H3,14,15). The number of halogens is 2. The molecular weight excluding hydrogens is 247 g/mol. The second-order valence-electron chi connectivity index (χ2n) is 3.38. The summed E-state index contributed by atoms with van der Waals surface area (Å²) in [4.78, 5) is 0. The average Bonchev–Trinajstić information content (AvgIpc) is 2.21. The van der Waals surface area contributed by atoms with E-state index in [1.807, 2.05) is 0 Å². The largest absolute Gasteiger partial charge is 0.490 e. The van der Waals surface area contributed by atoms with Gasteiger partial charge in [0.05, 0.1) is 22.5 Å². The highest BCUT2D eigenvalue weighted by Crippen LogP contribution is 2.32. The SMILES string of the molecule is N=C(N)CCCCOc1c(Cl)cccc1Cl. The van der Waals surface area contributed by atoms with Crippen LogP contribution in [0.4, 0.5) is 0 Å². The molecule has 0 bridgehead atoms. The number of nitrogens with two attached hydrogens (primary N) is 1. The second kappa shape index (κ2) is 6.61. The van der Waals surface area contributed by atoms with Crippen LogP contribution in [-0.2, 0) is 0 Å². The Labute approximate surface area is 105 Å². The quantitative estimate of drug-likeness (QED) is 0.468. The van der Waals surface area contributed by atoms with Gasteiger partial charge in [-0.2, -0.15) is 0 Å². The van der Waals surface area contributed by atoms with E-state index in [9.17, 15) is 0 Å². The minimum absolute atomic E-state index is 0.204. The predicted octanol–water partition coefficient (Wildman–Crippen LogP) is 3.48. The number of hydrogen-bond donors (Lipinski definition) is 2. The third-order valence-electron chi connectivity index (χ3n) is 2.01. The highest BCUT2D eigenvalue weighted by Gasteiger charge is 2.05. The Bertz CT molecular complexity index is 349. The Balaban J connectivity index is 2.34. The number of hydrogen-bond acceptors (Lipinski definition) is 2. The number of para-hydroxylation sites is 1. The highest BCUT2D eigenvalue weighted by molar-refractivity contribution is 6.37. The molecule has 0 spiro atoms. The van der Waals surface area contributed by atoms with Gasteiger partial charge in [0.15, 0.2) is 5.75 Å². The predicted molar refractivity (Wildman–Crippen MR) is 67.7 cm³/mol. The smallest absolute Gasteiger partial charge is 0.156 e. The lowest BCUT2D eigenvalue weighted by Crippen LogP contribution is -2.09. The van der Waals surface area contributed by atoms with E-state index < -0.39 is 0 Å². The van der Waals surface area contributed by atoms with Crippen LogP contribution in [0.25, 0.3) is 0 Å². The maximum absolute atomic E-state index is 7.06. The fraction of sp³-hybridized carbons (Fsp3) is 0.364. The monoisotopic (exact) mass is 260 g/mol. The van der Waals surface area contributed by atoms with E-state index >= 15 is 0 Å². The summed E-state index contributed by atoms with van der Waals surface area (Å²) in [5.41, 5.74) is 5.23. The number of nitrogens with one attached hydrogen (secondary N) is 1. The summed E-state index contributed by atoms with van der Waals surface area (Å²) in [5.74, 6) is 0.726. The Kier molecular flexibility index (Phi) is 5.43. The summed E-state index contributed by atoms with van der Waals surface area (Å²) in [7, 11) is 0. The lowest BCUT2D eigenvalue weighted by molar-refractivity contribution is 0.308. The fourth-order valence-electron chi connectivity index (χ4n) is 1.21. The van der Waals surface area contributed by atoms with E-state index in [-0.39, 0.29) is 5.84 Å². The van der Waals surface area contributed by atoms with Crippen molar-refractivity contribution in [3.63, 3.8) is 0 Å². The third kappa shape index (κ3) is 4.29. The maximum Gasteiger partial charge on any atom is 0.156 e. The summed E-state index contributed by atoms with van der Waals surface area (Å²) in [6.07, 6.45) is 2.25. The van der Waals surface area contributed by atoms with Crippen LogP contribution in [0.3, 0.4) is 0 Å². The number of benzene rings is 1. The van der Waals surface area contributed by atoms with Crippen LogP contribution in [0.5, 0.6) is 5.75 Å². The van der Waals surface area contributed by atoms with E-state index in [1.165, 1.54) is 0 Å². The molecule has 3 N–H and O–H groups in total. The highest BCUT2D eigenvalue weighted by atomic mass is 35.5. The van der Waals surface area contributed by atoms with Crippen LogP contribution >= 0.6 is 23.2 Å². The molecule has 1 rings (SSSR count). The molecular formula is C11H14Cl2N2O. The van der Waals surface area contributed by atoms with E-state index in [2.05, 4.69) is 0 Å². The summed E-state index contributed by atoms with van der Waals surface area (Å²) in [6, 6.07) is 5.24. The van der Waals surface area contributed by atoms with Crippen molar-refractivity contribution < 1.29 is 4.74 Å². The Morgan fingerprint density at radius 3 is 2.44 bits per heavy atom. The Hall–Kier alpha value is -0.930. The molecule has 16 heavy (non-hydrogen) atoms. The van der Waals surface area contributed by atoms with Crippen LogP contribution in [0, 0.1) is 5.41 Å². The summed E-state index contributed by atoms with van der Waals surface area (Å²) >= 11 is 11.9. The van der Waals surface area contributed by atoms with Gasteiger partial charge in [-0.1, -0.05) is 29.3 Å². The second-order valence-corrected chi connectivity index (χ2v) is 4.20.